The van der Waals surface area contributed by atoms with Gasteiger partial charge in [-0.15, -0.1) is 0 Å². The first-order chi connectivity index (χ1) is 14.5. The van der Waals surface area contributed by atoms with Gasteiger partial charge in [0.1, 0.15) is 11.6 Å². The molecule has 1 aliphatic heterocycles. The van der Waals surface area contributed by atoms with Crippen molar-refractivity contribution in [1.82, 2.24) is 4.57 Å². The Bertz CT molecular complexity index is 1060. The Hall–Kier alpha value is -3.44. The number of esters is 1. The molecule has 0 aliphatic carbocycles. The lowest BCUT2D eigenvalue weighted by Crippen LogP contribution is -2.29. The number of aliphatic imine (C=N–C) groups is 1. The molecule has 0 radical (unpaired) electrons. The number of nitriles is 1. The van der Waals surface area contributed by atoms with Gasteiger partial charge in [-0.05, 0) is 56.5 Å². The molecule has 0 bridgehead atoms. The highest BCUT2D eigenvalue weighted by Gasteiger charge is 2.23. The molecule has 1 aromatic heterocycles. The maximum atomic E-state index is 12.6. The number of hydrogen-bond acceptors (Lipinski definition) is 7. The van der Waals surface area contributed by atoms with E-state index >= 15 is 0 Å². The van der Waals surface area contributed by atoms with Gasteiger partial charge in [0.15, 0.2) is 0 Å². The topological polar surface area (TPSA) is 114 Å². The molecule has 1 fully saturated rings. The van der Waals surface area contributed by atoms with Crippen molar-refractivity contribution in [2.24, 2.45) is 4.99 Å². The minimum atomic E-state index is -0.543. The van der Waals surface area contributed by atoms with Crippen molar-refractivity contribution in [2.45, 2.75) is 39.3 Å². The van der Waals surface area contributed by atoms with Gasteiger partial charge in [-0.25, -0.2) is 4.79 Å². The summed E-state index contributed by atoms with van der Waals surface area (Å²) < 4.78 is 11.7. The molecule has 8 nitrogen and oxygen atoms in total. The van der Waals surface area contributed by atoms with Crippen molar-refractivity contribution in [2.75, 3.05) is 13.2 Å². The van der Waals surface area contributed by atoms with Gasteiger partial charge in [-0.1, -0.05) is 0 Å². The number of carbonyl (C=O) groups excluding carboxylic acids is 1. The molecule has 1 N–H and O–H groups in total. The number of aromatic nitrogens is 1. The summed E-state index contributed by atoms with van der Waals surface area (Å²) in [6, 6.07) is 8.40. The molecular formula is C22H23N3O5. The number of carbonyl (C=O) groups is 1. The van der Waals surface area contributed by atoms with Crippen LogP contribution in [0.4, 0.5) is 5.69 Å². The lowest BCUT2D eigenvalue weighted by Gasteiger charge is -2.17. The lowest BCUT2D eigenvalue weighted by molar-refractivity contribution is 0.0526. The third-order valence-electron chi connectivity index (χ3n) is 4.98. The molecule has 3 rings (SSSR count). The average molecular weight is 409 g/mol. The van der Waals surface area contributed by atoms with Gasteiger partial charge >= 0.3 is 5.97 Å². The Morgan fingerprint density at radius 2 is 2.17 bits per heavy atom. The fraction of sp³-hybridized carbons (Fsp3) is 0.364. The molecule has 1 saturated heterocycles. The van der Waals surface area contributed by atoms with Gasteiger partial charge in [-0.3, -0.25) is 14.4 Å². The smallest absolute Gasteiger partial charge is 0.338 e. The number of hydrogen-bond donors (Lipinski definition) is 1. The zero-order valence-corrected chi connectivity index (χ0v) is 16.9. The van der Waals surface area contributed by atoms with E-state index in [1.165, 1.54) is 10.8 Å². The molecule has 1 unspecified atom stereocenters. The van der Waals surface area contributed by atoms with Crippen molar-refractivity contribution >= 4 is 17.9 Å². The van der Waals surface area contributed by atoms with Crippen LogP contribution in [0.15, 0.2) is 34.1 Å². The van der Waals surface area contributed by atoms with Crippen LogP contribution in [-0.2, 0) is 16.0 Å². The van der Waals surface area contributed by atoms with Crippen molar-refractivity contribution in [3.05, 3.63) is 56.9 Å². The van der Waals surface area contributed by atoms with Crippen LogP contribution in [0, 0.1) is 18.3 Å². The molecule has 0 saturated carbocycles. The Balaban J connectivity index is 1.94. The van der Waals surface area contributed by atoms with Crippen molar-refractivity contribution in [3.8, 4) is 11.9 Å². The van der Waals surface area contributed by atoms with Gasteiger partial charge < -0.3 is 14.6 Å². The highest BCUT2D eigenvalue weighted by molar-refractivity contribution is 5.90. The third-order valence-corrected chi connectivity index (χ3v) is 4.98. The Morgan fingerprint density at radius 3 is 2.77 bits per heavy atom. The normalized spacial score (nSPS) is 16.0. The summed E-state index contributed by atoms with van der Waals surface area (Å²) in [6.45, 7) is 4.42. The van der Waals surface area contributed by atoms with Gasteiger partial charge in [0.05, 0.1) is 36.1 Å². The van der Waals surface area contributed by atoms with Crippen LogP contribution in [0.5, 0.6) is 5.88 Å². The average Bonchev–Trinajstić information content (AvgIpc) is 3.25. The van der Waals surface area contributed by atoms with E-state index in [0.29, 0.717) is 35.6 Å². The van der Waals surface area contributed by atoms with E-state index in [2.05, 4.69) is 4.99 Å². The van der Waals surface area contributed by atoms with Gasteiger partial charge in [0.25, 0.3) is 5.56 Å². The van der Waals surface area contributed by atoms with Crippen LogP contribution < -0.4 is 5.56 Å². The number of benzene rings is 1. The number of ether oxygens (including phenoxy) is 2. The standard InChI is InChI=1S/C22H23N3O5/c1-3-29-22(28)15-6-8-16(9-7-15)24-12-19-14(2)18(11-23)20(26)25(21(19)27)13-17-5-4-10-30-17/h6-9,12,17,27H,3-5,10,13H2,1-2H3. The molecule has 2 heterocycles. The van der Waals surface area contributed by atoms with E-state index < -0.39 is 11.5 Å². The van der Waals surface area contributed by atoms with Crippen molar-refractivity contribution in [1.29, 1.82) is 5.26 Å². The summed E-state index contributed by atoms with van der Waals surface area (Å²) in [5, 5.41) is 20.2. The Morgan fingerprint density at radius 1 is 1.43 bits per heavy atom. The fourth-order valence-electron chi connectivity index (χ4n) is 3.32. The molecule has 8 heteroatoms. The minimum Gasteiger partial charge on any atom is -0.494 e. The highest BCUT2D eigenvalue weighted by Crippen LogP contribution is 2.23. The van der Waals surface area contributed by atoms with E-state index in [4.69, 9.17) is 9.47 Å². The zero-order valence-electron chi connectivity index (χ0n) is 16.9. The number of rotatable bonds is 6. The van der Waals surface area contributed by atoms with Crippen LogP contribution in [-0.4, -0.2) is 41.2 Å². The Kier molecular flexibility index (Phi) is 6.65. The first-order valence-electron chi connectivity index (χ1n) is 9.75. The zero-order chi connectivity index (χ0) is 21.7. The van der Waals surface area contributed by atoms with E-state index in [1.807, 2.05) is 6.07 Å². The molecule has 2 aromatic rings. The SMILES string of the molecule is CCOC(=O)c1ccc(N=Cc2c(C)c(C#N)c(=O)n(CC3CCCO3)c2O)cc1. The Labute approximate surface area is 174 Å². The summed E-state index contributed by atoms with van der Waals surface area (Å²) in [6.07, 6.45) is 2.92. The maximum absolute atomic E-state index is 12.6. The molecule has 1 aromatic carbocycles. The van der Waals surface area contributed by atoms with Crippen LogP contribution in [0.25, 0.3) is 0 Å². The molecule has 30 heavy (non-hydrogen) atoms. The summed E-state index contributed by atoms with van der Waals surface area (Å²) >= 11 is 0. The first kappa shape index (κ1) is 21.3. The number of aromatic hydroxyl groups is 1. The third kappa shape index (κ3) is 4.42. The molecule has 0 amide bonds. The van der Waals surface area contributed by atoms with Gasteiger partial charge in [0, 0.05) is 12.8 Å². The summed E-state index contributed by atoms with van der Waals surface area (Å²) in [5.74, 6) is -0.666. The quantitative estimate of drug-likeness (QED) is 0.580. The maximum Gasteiger partial charge on any atom is 0.338 e. The van der Waals surface area contributed by atoms with Crippen LogP contribution >= 0.6 is 0 Å². The number of pyridine rings is 1. The second-order valence-corrected chi connectivity index (χ2v) is 6.93. The molecule has 156 valence electrons. The lowest BCUT2D eigenvalue weighted by atomic mass is 10.1. The van der Waals surface area contributed by atoms with Crippen molar-refractivity contribution in [3.63, 3.8) is 0 Å². The first-order valence-corrected chi connectivity index (χ1v) is 9.75. The van der Waals surface area contributed by atoms with E-state index in [0.717, 1.165) is 12.8 Å². The summed E-state index contributed by atoms with van der Waals surface area (Å²) in [5.41, 5.74) is 1.02. The largest absolute Gasteiger partial charge is 0.494 e. The van der Waals surface area contributed by atoms with Gasteiger partial charge in [0.2, 0.25) is 5.88 Å². The monoisotopic (exact) mass is 409 g/mol. The summed E-state index contributed by atoms with van der Waals surface area (Å²) in [4.78, 5) is 28.7. The highest BCUT2D eigenvalue weighted by atomic mass is 16.5. The minimum absolute atomic E-state index is 0.0371. The van der Waals surface area contributed by atoms with Crippen LogP contribution in [0.1, 0.15) is 46.8 Å². The van der Waals surface area contributed by atoms with Gasteiger partial charge in [-0.2, -0.15) is 5.26 Å². The van der Waals surface area contributed by atoms with Crippen LogP contribution in [0.3, 0.4) is 0 Å². The van der Waals surface area contributed by atoms with E-state index in [9.17, 15) is 20.0 Å². The predicted octanol–water partition coefficient (Wildman–Crippen LogP) is 2.84. The molecule has 1 atom stereocenters. The van der Waals surface area contributed by atoms with E-state index in [-0.39, 0.29) is 24.1 Å². The van der Waals surface area contributed by atoms with E-state index in [1.54, 1.807) is 38.1 Å². The predicted molar refractivity (Wildman–Crippen MR) is 110 cm³/mol. The summed E-state index contributed by atoms with van der Waals surface area (Å²) in [7, 11) is 0. The second kappa shape index (κ2) is 9.37. The molecule has 1 aliphatic rings. The van der Waals surface area contributed by atoms with Crippen molar-refractivity contribution < 1.29 is 19.4 Å². The van der Waals surface area contributed by atoms with Crippen LogP contribution in [0.2, 0.25) is 0 Å². The second-order valence-electron chi connectivity index (χ2n) is 6.93. The number of nitrogens with zero attached hydrogens (tertiary/aromatic N) is 3. The molecule has 0 spiro atoms. The molecular weight excluding hydrogens is 386 g/mol. The fourth-order valence-corrected chi connectivity index (χ4v) is 3.32.